The summed E-state index contributed by atoms with van der Waals surface area (Å²) in [6.45, 7) is 6.46. The lowest BCUT2D eigenvalue weighted by atomic mass is 9.87. The molecule has 0 radical (unpaired) electrons. The van der Waals surface area contributed by atoms with Gasteiger partial charge < -0.3 is 15.3 Å². The molecule has 1 fully saturated rings. The van der Waals surface area contributed by atoms with Gasteiger partial charge in [-0.15, -0.1) is 0 Å². The van der Waals surface area contributed by atoms with E-state index in [1.807, 2.05) is 13.8 Å². The fourth-order valence-electron chi connectivity index (χ4n) is 3.06. The number of nitrogens with one attached hydrogen (secondary N) is 1. The molecule has 24 heavy (non-hydrogen) atoms. The minimum absolute atomic E-state index is 0.00830. The number of aliphatic hydroxyl groups excluding tert-OH is 1. The Balaban J connectivity index is 2.10. The van der Waals surface area contributed by atoms with Crippen molar-refractivity contribution in [2.24, 2.45) is 5.41 Å². The molecule has 6 heteroatoms. The van der Waals surface area contributed by atoms with Crippen LogP contribution >= 0.6 is 0 Å². The predicted molar refractivity (Wildman–Crippen MR) is 90.4 cm³/mol. The molecule has 0 aliphatic carbocycles. The van der Waals surface area contributed by atoms with Crippen LogP contribution in [0.4, 0.5) is 10.1 Å². The van der Waals surface area contributed by atoms with Gasteiger partial charge in [0.15, 0.2) is 0 Å². The third-order valence-electron chi connectivity index (χ3n) is 4.16. The molecule has 132 valence electrons. The first-order valence-electron chi connectivity index (χ1n) is 8.26. The van der Waals surface area contributed by atoms with Gasteiger partial charge >= 0.3 is 0 Å². The van der Waals surface area contributed by atoms with Crippen molar-refractivity contribution in [2.45, 2.75) is 46.1 Å². The molecule has 1 aromatic carbocycles. The normalized spacial score (nSPS) is 16.4. The van der Waals surface area contributed by atoms with Crippen LogP contribution in [0.25, 0.3) is 0 Å². The van der Waals surface area contributed by atoms with Crippen LogP contribution in [0.5, 0.6) is 0 Å². The Hall–Kier alpha value is -1.95. The lowest BCUT2D eigenvalue weighted by molar-refractivity contribution is -0.117. The molecule has 0 aromatic heterocycles. The van der Waals surface area contributed by atoms with Gasteiger partial charge in [-0.25, -0.2) is 4.39 Å². The van der Waals surface area contributed by atoms with Crippen LogP contribution in [0.15, 0.2) is 18.2 Å². The number of nitrogens with zero attached hydrogens (tertiary/aromatic N) is 1. The Kier molecular flexibility index (Phi) is 5.59. The first-order valence-corrected chi connectivity index (χ1v) is 8.26. The van der Waals surface area contributed by atoms with Crippen LogP contribution in [0.2, 0.25) is 0 Å². The van der Waals surface area contributed by atoms with Crippen LogP contribution < -0.4 is 10.2 Å². The highest BCUT2D eigenvalue weighted by atomic mass is 19.1. The van der Waals surface area contributed by atoms with E-state index in [9.17, 15) is 19.1 Å². The minimum Gasteiger partial charge on any atom is -0.393 e. The number of aliphatic hydroxyl groups is 1. The fourth-order valence-corrected chi connectivity index (χ4v) is 3.06. The van der Waals surface area contributed by atoms with Gasteiger partial charge in [0, 0.05) is 25.2 Å². The first kappa shape index (κ1) is 18.4. The number of benzene rings is 1. The number of rotatable bonds is 6. The van der Waals surface area contributed by atoms with Crippen molar-refractivity contribution in [1.29, 1.82) is 0 Å². The van der Waals surface area contributed by atoms with Gasteiger partial charge in [0.2, 0.25) is 5.91 Å². The summed E-state index contributed by atoms with van der Waals surface area (Å²) in [4.78, 5) is 25.7. The van der Waals surface area contributed by atoms with Crippen molar-refractivity contribution in [3.63, 3.8) is 0 Å². The monoisotopic (exact) mass is 336 g/mol. The summed E-state index contributed by atoms with van der Waals surface area (Å²) < 4.78 is 14.0. The lowest BCUT2D eigenvalue weighted by Gasteiger charge is -2.26. The number of hydrogen-bond acceptors (Lipinski definition) is 3. The van der Waals surface area contributed by atoms with E-state index in [-0.39, 0.29) is 16.9 Å². The predicted octanol–water partition coefficient (Wildman–Crippen LogP) is 2.48. The van der Waals surface area contributed by atoms with E-state index in [0.29, 0.717) is 31.6 Å². The highest BCUT2D eigenvalue weighted by Gasteiger charge is 2.25. The zero-order valence-electron chi connectivity index (χ0n) is 14.4. The summed E-state index contributed by atoms with van der Waals surface area (Å²) in [6.07, 6.45) is 1.30. The summed E-state index contributed by atoms with van der Waals surface area (Å²) in [7, 11) is 0. The summed E-state index contributed by atoms with van der Waals surface area (Å²) in [5, 5.41) is 12.2. The molecule has 2 amide bonds. The molecular weight excluding hydrogens is 311 g/mol. The molecule has 0 bridgehead atoms. The average molecular weight is 336 g/mol. The molecule has 1 unspecified atom stereocenters. The zero-order valence-corrected chi connectivity index (χ0v) is 14.4. The largest absolute Gasteiger partial charge is 0.393 e. The first-order chi connectivity index (χ1) is 11.2. The number of carbonyl (C=O) groups is 2. The smallest absolute Gasteiger partial charge is 0.254 e. The van der Waals surface area contributed by atoms with Crippen LogP contribution in [-0.4, -0.2) is 36.1 Å². The van der Waals surface area contributed by atoms with Gasteiger partial charge in [0.25, 0.3) is 5.91 Å². The Bertz CT molecular complexity index is 629. The fraction of sp³-hybridized carbons (Fsp3) is 0.556. The second-order valence-electron chi connectivity index (χ2n) is 7.21. The number of hydrogen-bond donors (Lipinski definition) is 2. The van der Waals surface area contributed by atoms with E-state index in [0.717, 1.165) is 6.42 Å². The van der Waals surface area contributed by atoms with Gasteiger partial charge in [0.1, 0.15) is 5.82 Å². The summed E-state index contributed by atoms with van der Waals surface area (Å²) in [5.74, 6) is -1.14. The molecule has 1 aliphatic rings. The maximum atomic E-state index is 14.0. The van der Waals surface area contributed by atoms with Crippen molar-refractivity contribution in [1.82, 2.24) is 5.32 Å². The molecule has 5 nitrogen and oxygen atoms in total. The number of anilines is 1. The van der Waals surface area contributed by atoms with Gasteiger partial charge in [-0.2, -0.15) is 0 Å². The van der Waals surface area contributed by atoms with Crippen molar-refractivity contribution in [3.05, 3.63) is 29.6 Å². The Morgan fingerprint density at radius 1 is 1.46 bits per heavy atom. The number of halogens is 1. The Morgan fingerprint density at radius 2 is 2.17 bits per heavy atom. The zero-order chi connectivity index (χ0) is 17.9. The third kappa shape index (κ3) is 4.54. The molecule has 1 atom stereocenters. The maximum Gasteiger partial charge on any atom is 0.254 e. The molecule has 1 aliphatic heterocycles. The summed E-state index contributed by atoms with van der Waals surface area (Å²) in [5.41, 5.74) is 0.176. The van der Waals surface area contributed by atoms with E-state index in [2.05, 4.69) is 5.32 Å². The average Bonchev–Trinajstić information content (AvgIpc) is 2.90. The van der Waals surface area contributed by atoms with Gasteiger partial charge in [-0.1, -0.05) is 13.8 Å². The van der Waals surface area contributed by atoms with Crippen molar-refractivity contribution < 1.29 is 19.1 Å². The topological polar surface area (TPSA) is 69.6 Å². The molecule has 2 rings (SSSR count). The molecule has 1 saturated heterocycles. The molecule has 2 N–H and O–H groups in total. The summed E-state index contributed by atoms with van der Waals surface area (Å²) in [6, 6.07) is 4.17. The van der Waals surface area contributed by atoms with Crippen molar-refractivity contribution in [3.8, 4) is 0 Å². The second-order valence-corrected chi connectivity index (χ2v) is 7.21. The van der Waals surface area contributed by atoms with Crippen molar-refractivity contribution in [2.75, 3.05) is 18.0 Å². The minimum atomic E-state index is -0.615. The van der Waals surface area contributed by atoms with E-state index in [1.165, 1.54) is 18.2 Å². The van der Waals surface area contributed by atoms with E-state index in [1.54, 1.807) is 11.8 Å². The number of carbonyl (C=O) groups excluding carboxylic acids is 2. The van der Waals surface area contributed by atoms with E-state index in [4.69, 9.17) is 0 Å². The summed E-state index contributed by atoms with van der Waals surface area (Å²) >= 11 is 0. The molecule has 0 spiro atoms. The van der Waals surface area contributed by atoms with Crippen LogP contribution in [-0.2, 0) is 4.79 Å². The van der Waals surface area contributed by atoms with E-state index >= 15 is 0 Å². The third-order valence-corrected chi connectivity index (χ3v) is 4.16. The SMILES string of the molecule is CC(O)CC(C)(C)CNC(=O)c1cc(N2CCCC2=O)ccc1F. The quantitative estimate of drug-likeness (QED) is 0.838. The molecule has 0 saturated carbocycles. The highest BCUT2D eigenvalue weighted by Crippen LogP contribution is 2.25. The van der Waals surface area contributed by atoms with Gasteiger partial charge in [-0.3, -0.25) is 9.59 Å². The van der Waals surface area contributed by atoms with Crippen LogP contribution in [0.1, 0.15) is 50.4 Å². The lowest BCUT2D eigenvalue weighted by Crippen LogP contribution is -2.36. The van der Waals surface area contributed by atoms with Gasteiger partial charge in [0.05, 0.1) is 11.7 Å². The molecular formula is C18H25FN2O3. The molecule has 1 heterocycles. The standard InChI is InChI=1S/C18H25FN2O3/c1-12(22)10-18(2,3)11-20-17(24)14-9-13(6-7-15(14)19)21-8-4-5-16(21)23/h6-7,9,12,22H,4-5,8,10-11H2,1-3H3,(H,20,24). The maximum absolute atomic E-state index is 14.0. The van der Waals surface area contributed by atoms with Crippen LogP contribution in [0, 0.1) is 11.2 Å². The van der Waals surface area contributed by atoms with Gasteiger partial charge in [-0.05, 0) is 43.4 Å². The number of amides is 2. The van der Waals surface area contributed by atoms with Crippen molar-refractivity contribution >= 4 is 17.5 Å². The Labute approximate surface area is 141 Å². The van der Waals surface area contributed by atoms with E-state index < -0.39 is 17.8 Å². The molecule has 1 aromatic rings. The second kappa shape index (κ2) is 7.30. The Morgan fingerprint density at radius 3 is 2.75 bits per heavy atom. The highest BCUT2D eigenvalue weighted by molar-refractivity contribution is 5.99. The van der Waals surface area contributed by atoms with Crippen LogP contribution in [0.3, 0.4) is 0 Å².